The summed E-state index contributed by atoms with van der Waals surface area (Å²) in [5, 5.41) is 11.6. The lowest BCUT2D eigenvalue weighted by Gasteiger charge is -2.33. The zero-order valence-corrected chi connectivity index (χ0v) is 19.0. The molecule has 1 aliphatic heterocycles. The van der Waals surface area contributed by atoms with Crippen molar-refractivity contribution in [3.05, 3.63) is 69.8 Å². The first-order valence-corrected chi connectivity index (χ1v) is 12.6. The first kappa shape index (κ1) is 21.5. The van der Waals surface area contributed by atoms with Crippen LogP contribution in [0.3, 0.4) is 0 Å². The number of hydrogen-bond donors (Lipinski definition) is 1. The van der Waals surface area contributed by atoms with Crippen molar-refractivity contribution in [2.75, 3.05) is 26.2 Å². The summed E-state index contributed by atoms with van der Waals surface area (Å²) >= 11 is 1.38. The molecule has 1 aromatic carbocycles. The molecule has 9 nitrogen and oxygen atoms in total. The molecule has 5 rings (SSSR count). The highest BCUT2D eigenvalue weighted by Crippen LogP contribution is 2.31. The second-order valence-electron chi connectivity index (χ2n) is 7.61. The van der Waals surface area contributed by atoms with Gasteiger partial charge in [0.05, 0.1) is 28.7 Å². The fourth-order valence-corrected chi connectivity index (χ4v) is 6.46. The van der Waals surface area contributed by atoms with E-state index in [0.717, 1.165) is 5.56 Å². The van der Waals surface area contributed by atoms with E-state index >= 15 is 0 Å². The van der Waals surface area contributed by atoms with E-state index in [1.54, 1.807) is 30.5 Å². The Kier molecular flexibility index (Phi) is 5.59. The fraction of sp³-hybridized carbons (Fsp3) is 0.227. The number of nitrogens with zero attached hydrogens (tertiary/aromatic N) is 4. The van der Waals surface area contributed by atoms with Crippen LogP contribution in [0, 0.1) is 11.3 Å². The van der Waals surface area contributed by atoms with Crippen LogP contribution in [0.1, 0.15) is 11.4 Å². The van der Waals surface area contributed by atoms with Crippen LogP contribution < -0.4 is 5.56 Å². The van der Waals surface area contributed by atoms with Gasteiger partial charge in [0, 0.05) is 37.1 Å². The van der Waals surface area contributed by atoms with E-state index in [9.17, 15) is 18.5 Å². The number of hydrogen-bond acceptors (Lipinski definition) is 8. The molecular formula is C22H19N5O4S2. The molecule has 4 aromatic rings. The van der Waals surface area contributed by atoms with Crippen molar-refractivity contribution < 1.29 is 12.8 Å². The van der Waals surface area contributed by atoms with E-state index in [2.05, 4.69) is 9.97 Å². The Hall–Kier alpha value is -3.30. The van der Waals surface area contributed by atoms with E-state index in [4.69, 9.17) is 4.42 Å². The van der Waals surface area contributed by atoms with Crippen molar-refractivity contribution in [1.29, 1.82) is 5.26 Å². The highest BCUT2D eigenvalue weighted by Gasteiger charge is 2.30. The first-order valence-electron chi connectivity index (χ1n) is 10.2. The van der Waals surface area contributed by atoms with Crippen LogP contribution >= 0.6 is 11.3 Å². The number of rotatable bonds is 5. The third kappa shape index (κ3) is 3.98. The maximum absolute atomic E-state index is 13.0. The lowest BCUT2D eigenvalue weighted by atomic mass is 10.2. The highest BCUT2D eigenvalue weighted by molar-refractivity contribution is 7.89. The van der Waals surface area contributed by atoms with E-state index in [0.29, 0.717) is 41.4 Å². The molecule has 3 aromatic heterocycles. The summed E-state index contributed by atoms with van der Waals surface area (Å²) < 4.78 is 32.8. The monoisotopic (exact) mass is 481 g/mol. The van der Waals surface area contributed by atoms with Crippen LogP contribution in [0.2, 0.25) is 0 Å². The number of sulfonamides is 1. The van der Waals surface area contributed by atoms with E-state index in [1.165, 1.54) is 27.8 Å². The Balaban J connectivity index is 1.31. The number of fused-ring (bicyclic) bond motifs is 1. The van der Waals surface area contributed by atoms with Gasteiger partial charge in [-0.25, -0.2) is 13.4 Å². The topological polar surface area (TPSA) is 123 Å². The third-order valence-corrected chi connectivity index (χ3v) is 8.44. The van der Waals surface area contributed by atoms with Crippen molar-refractivity contribution in [1.82, 2.24) is 19.2 Å². The minimum atomic E-state index is -3.75. The van der Waals surface area contributed by atoms with Gasteiger partial charge in [-0.2, -0.15) is 9.57 Å². The van der Waals surface area contributed by atoms with Crippen LogP contribution in [-0.2, 0) is 16.6 Å². The smallest absolute Gasteiger partial charge is 0.260 e. The Morgan fingerprint density at radius 2 is 1.94 bits per heavy atom. The van der Waals surface area contributed by atoms with Gasteiger partial charge in [-0.1, -0.05) is 12.1 Å². The van der Waals surface area contributed by atoms with Gasteiger partial charge in [-0.05, 0) is 24.3 Å². The van der Waals surface area contributed by atoms with Gasteiger partial charge >= 0.3 is 0 Å². The molecule has 33 heavy (non-hydrogen) atoms. The molecular weight excluding hydrogens is 462 g/mol. The molecule has 1 N–H and O–H groups in total. The number of nitriles is 1. The van der Waals surface area contributed by atoms with Crippen molar-refractivity contribution >= 4 is 31.6 Å². The Bertz CT molecular complexity index is 1510. The minimum Gasteiger partial charge on any atom is -0.464 e. The number of aromatic amines is 1. The van der Waals surface area contributed by atoms with Crippen LogP contribution in [0.15, 0.2) is 62.1 Å². The summed E-state index contributed by atoms with van der Waals surface area (Å²) in [7, 11) is -3.75. The summed E-state index contributed by atoms with van der Waals surface area (Å²) in [5.41, 5.74) is 0.633. The van der Waals surface area contributed by atoms with E-state index in [1.807, 2.05) is 16.3 Å². The molecule has 4 heterocycles. The fourth-order valence-electron chi connectivity index (χ4n) is 3.94. The van der Waals surface area contributed by atoms with Gasteiger partial charge in [-0.3, -0.25) is 9.69 Å². The molecule has 0 radical (unpaired) electrons. The quantitative estimate of drug-likeness (QED) is 0.465. The van der Waals surface area contributed by atoms with Crippen molar-refractivity contribution in [3.63, 3.8) is 0 Å². The SMILES string of the molecule is N#Cc1ccccc1S(=O)(=O)N1CCN(Cc2nc3scc(-c4ccco4)c3c(=O)[nH]2)CC1. The van der Waals surface area contributed by atoms with Crippen molar-refractivity contribution in [3.8, 4) is 17.4 Å². The lowest BCUT2D eigenvalue weighted by Crippen LogP contribution is -2.48. The number of piperazine rings is 1. The van der Waals surface area contributed by atoms with Crippen LogP contribution in [0.5, 0.6) is 0 Å². The molecule has 168 valence electrons. The Labute approximate surface area is 193 Å². The number of furan rings is 1. The van der Waals surface area contributed by atoms with Crippen molar-refractivity contribution in [2.24, 2.45) is 0 Å². The van der Waals surface area contributed by atoms with Gasteiger partial charge in [0.1, 0.15) is 22.5 Å². The molecule has 1 aliphatic rings. The molecule has 1 fully saturated rings. The highest BCUT2D eigenvalue weighted by atomic mass is 32.2. The van der Waals surface area contributed by atoms with Crippen molar-refractivity contribution in [2.45, 2.75) is 11.4 Å². The molecule has 0 amide bonds. The number of H-pyrrole nitrogens is 1. The first-order chi connectivity index (χ1) is 16.0. The van der Waals surface area contributed by atoms with E-state index < -0.39 is 10.0 Å². The van der Waals surface area contributed by atoms with Gasteiger partial charge in [-0.15, -0.1) is 11.3 Å². The largest absolute Gasteiger partial charge is 0.464 e. The summed E-state index contributed by atoms with van der Waals surface area (Å²) in [6, 6.07) is 11.7. The zero-order chi connectivity index (χ0) is 23.0. The number of thiophene rings is 1. The Morgan fingerprint density at radius 1 is 1.15 bits per heavy atom. The Morgan fingerprint density at radius 3 is 2.67 bits per heavy atom. The summed E-state index contributed by atoms with van der Waals surface area (Å²) in [5.74, 6) is 1.16. The number of nitrogens with one attached hydrogen (secondary N) is 1. The van der Waals surface area contributed by atoms with Crippen LogP contribution in [-0.4, -0.2) is 53.8 Å². The second-order valence-corrected chi connectivity index (χ2v) is 10.4. The molecule has 0 spiro atoms. The maximum atomic E-state index is 13.0. The summed E-state index contributed by atoms with van der Waals surface area (Å²) in [6.07, 6.45) is 1.56. The van der Waals surface area contributed by atoms with Gasteiger partial charge in [0.2, 0.25) is 10.0 Å². The van der Waals surface area contributed by atoms with Gasteiger partial charge < -0.3 is 9.40 Å². The number of aromatic nitrogens is 2. The maximum Gasteiger partial charge on any atom is 0.260 e. The number of benzene rings is 1. The molecule has 11 heteroatoms. The molecule has 0 atom stereocenters. The molecule has 0 saturated carbocycles. The standard InChI is InChI=1S/C22H19N5O4S2/c23-12-15-4-1-2-6-18(15)33(29,30)27-9-7-26(8-10-27)13-19-24-21(28)20-16(14-32-22(20)25-19)17-5-3-11-31-17/h1-6,11,14H,7-10,13H2,(H,24,25,28). The summed E-state index contributed by atoms with van der Waals surface area (Å²) in [6.45, 7) is 1.95. The molecule has 0 unspecified atom stereocenters. The third-order valence-electron chi connectivity index (χ3n) is 5.61. The average Bonchev–Trinajstić information content (AvgIpc) is 3.49. The molecule has 1 saturated heterocycles. The predicted molar refractivity (Wildman–Crippen MR) is 123 cm³/mol. The molecule has 0 aliphatic carbocycles. The average molecular weight is 482 g/mol. The summed E-state index contributed by atoms with van der Waals surface area (Å²) in [4.78, 5) is 22.9. The predicted octanol–water partition coefficient (Wildman–Crippen LogP) is 2.62. The normalized spacial score (nSPS) is 15.6. The van der Waals surface area contributed by atoms with Gasteiger partial charge in [0.15, 0.2) is 0 Å². The van der Waals surface area contributed by atoms with Crippen LogP contribution in [0.4, 0.5) is 0 Å². The van der Waals surface area contributed by atoms with Crippen LogP contribution in [0.25, 0.3) is 21.5 Å². The van der Waals surface area contributed by atoms with Gasteiger partial charge in [0.25, 0.3) is 5.56 Å². The minimum absolute atomic E-state index is 0.0301. The van der Waals surface area contributed by atoms with E-state index in [-0.39, 0.29) is 29.1 Å². The molecule has 0 bridgehead atoms. The zero-order valence-electron chi connectivity index (χ0n) is 17.4. The second kappa shape index (κ2) is 8.57. The lowest BCUT2D eigenvalue weighted by molar-refractivity contribution is 0.178.